The molecule has 2 aromatic carbocycles. The van der Waals surface area contributed by atoms with Crippen LogP contribution in [0.5, 0.6) is 0 Å². The summed E-state index contributed by atoms with van der Waals surface area (Å²) in [5.74, 6) is -0.856. The van der Waals surface area contributed by atoms with Gasteiger partial charge in [0, 0.05) is 30.5 Å². The van der Waals surface area contributed by atoms with E-state index < -0.39 is 5.97 Å². The Bertz CT molecular complexity index is 805. The molecule has 0 amide bonds. The molecule has 0 spiro atoms. The van der Waals surface area contributed by atoms with Crippen molar-refractivity contribution in [2.45, 2.75) is 25.8 Å². The highest BCUT2D eigenvalue weighted by Gasteiger charge is 2.22. The van der Waals surface area contributed by atoms with Crippen molar-refractivity contribution in [3.8, 4) is 0 Å². The molecular weight excluding hydrogens is 312 g/mol. The molecule has 2 heterocycles. The van der Waals surface area contributed by atoms with E-state index in [2.05, 4.69) is 29.2 Å². The van der Waals surface area contributed by atoms with E-state index in [-0.39, 0.29) is 0 Å². The third-order valence-electron chi connectivity index (χ3n) is 5.01. The number of nitrogens with zero attached hydrogens (tertiary/aromatic N) is 2. The number of carboxylic acid groups (broad SMARTS) is 1. The summed E-state index contributed by atoms with van der Waals surface area (Å²) in [6.45, 7) is 3.37. The Labute approximate surface area is 148 Å². The molecule has 0 atom stereocenters. The fourth-order valence-electron chi connectivity index (χ4n) is 3.68. The van der Waals surface area contributed by atoms with Crippen LogP contribution < -0.4 is 4.90 Å². The molecule has 0 aliphatic carbocycles. The zero-order valence-corrected chi connectivity index (χ0v) is 14.2. The maximum atomic E-state index is 11.5. The molecule has 0 bridgehead atoms. The van der Waals surface area contributed by atoms with Crippen LogP contribution in [0.4, 0.5) is 11.4 Å². The van der Waals surface area contributed by atoms with Crippen LogP contribution in [-0.2, 0) is 17.8 Å². The Morgan fingerprint density at radius 2 is 1.72 bits per heavy atom. The van der Waals surface area contributed by atoms with Gasteiger partial charge in [-0.05, 0) is 55.3 Å². The van der Waals surface area contributed by atoms with Crippen LogP contribution in [0.1, 0.15) is 24.0 Å². The number of hydrogen-bond donors (Lipinski definition) is 1. The normalized spacial score (nSPS) is 17.3. The number of carbonyl (C=O) groups is 1. The van der Waals surface area contributed by atoms with Gasteiger partial charge in [0.15, 0.2) is 0 Å². The van der Waals surface area contributed by atoms with Crippen LogP contribution >= 0.6 is 0 Å². The highest BCUT2D eigenvalue weighted by atomic mass is 16.4. The molecule has 4 rings (SSSR count). The second-order valence-corrected chi connectivity index (χ2v) is 6.78. The zero-order chi connectivity index (χ0) is 17.2. The predicted molar refractivity (Wildman–Crippen MR) is 99.0 cm³/mol. The van der Waals surface area contributed by atoms with Crippen LogP contribution in [0, 0.1) is 0 Å². The lowest BCUT2D eigenvalue weighted by molar-refractivity contribution is -0.132. The summed E-state index contributed by atoms with van der Waals surface area (Å²) in [5.41, 5.74) is 4.82. The number of likely N-dealkylation sites (tertiary alicyclic amines) is 1. The second-order valence-electron chi connectivity index (χ2n) is 6.78. The Hall–Kier alpha value is -2.59. The van der Waals surface area contributed by atoms with Gasteiger partial charge in [0.1, 0.15) is 0 Å². The fourth-order valence-corrected chi connectivity index (χ4v) is 3.68. The largest absolute Gasteiger partial charge is 0.478 e. The Morgan fingerprint density at radius 1 is 1.00 bits per heavy atom. The maximum Gasteiger partial charge on any atom is 0.333 e. The summed E-state index contributed by atoms with van der Waals surface area (Å²) in [5, 5.41) is 9.43. The summed E-state index contributed by atoms with van der Waals surface area (Å²) in [7, 11) is 0. The summed E-state index contributed by atoms with van der Waals surface area (Å²) >= 11 is 0. The van der Waals surface area contributed by atoms with Crippen LogP contribution in [-0.4, -0.2) is 29.1 Å². The van der Waals surface area contributed by atoms with Gasteiger partial charge >= 0.3 is 5.97 Å². The van der Waals surface area contributed by atoms with Crippen LogP contribution in [0.2, 0.25) is 0 Å². The van der Waals surface area contributed by atoms with Gasteiger partial charge in [-0.1, -0.05) is 30.3 Å². The number of carboxylic acids is 1. The Kier molecular flexibility index (Phi) is 4.28. The van der Waals surface area contributed by atoms with Gasteiger partial charge in [-0.25, -0.2) is 4.79 Å². The summed E-state index contributed by atoms with van der Waals surface area (Å²) in [4.78, 5) is 16.0. The van der Waals surface area contributed by atoms with Gasteiger partial charge in [-0.3, -0.25) is 4.90 Å². The molecule has 2 aliphatic rings. The van der Waals surface area contributed by atoms with Crippen molar-refractivity contribution in [2.24, 2.45) is 0 Å². The molecular formula is C21H22N2O2. The highest BCUT2D eigenvalue weighted by Crippen LogP contribution is 2.35. The molecule has 4 nitrogen and oxygen atoms in total. The average Bonchev–Trinajstić information content (AvgIpc) is 3.14. The highest BCUT2D eigenvalue weighted by molar-refractivity contribution is 5.90. The zero-order valence-electron chi connectivity index (χ0n) is 14.2. The lowest BCUT2D eigenvalue weighted by Crippen LogP contribution is -2.21. The smallest absolute Gasteiger partial charge is 0.333 e. The molecule has 2 aliphatic heterocycles. The molecule has 0 saturated carbocycles. The van der Waals surface area contributed by atoms with Crippen LogP contribution in [0.25, 0.3) is 0 Å². The summed E-state index contributed by atoms with van der Waals surface area (Å²) in [6.07, 6.45) is 4.81. The van der Waals surface area contributed by atoms with Crippen LogP contribution in [0.15, 0.2) is 60.3 Å². The third kappa shape index (κ3) is 3.30. The number of hydrogen-bond acceptors (Lipinski definition) is 3. The number of fused-ring (bicyclic) bond motifs is 1. The second kappa shape index (κ2) is 6.73. The number of anilines is 2. The maximum absolute atomic E-state index is 11.5. The number of benzene rings is 2. The van der Waals surface area contributed by atoms with Crippen molar-refractivity contribution in [3.05, 3.63) is 71.4 Å². The number of aliphatic carboxylic acids is 1. The van der Waals surface area contributed by atoms with E-state index in [0.717, 1.165) is 23.5 Å². The molecule has 128 valence electrons. The van der Waals surface area contributed by atoms with Crippen molar-refractivity contribution in [2.75, 3.05) is 18.0 Å². The fraction of sp³-hybridized carbons (Fsp3) is 0.286. The van der Waals surface area contributed by atoms with E-state index in [0.29, 0.717) is 12.0 Å². The van der Waals surface area contributed by atoms with E-state index in [9.17, 15) is 9.90 Å². The number of rotatable bonds is 4. The molecule has 0 unspecified atom stereocenters. The minimum absolute atomic E-state index is 0.417. The van der Waals surface area contributed by atoms with Gasteiger partial charge in [-0.2, -0.15) is 0 Å². The first-order valence-corrected chi connectivity index (χ1v) is 8.83. The molecule has 0 radical (unpaired) electrons. The van der Waals surface area contributed by atoms with Gasteiger partial charge in [0.2, 0.25) is 0 Å². The lowest BCUT2D eigenvalue weighted by atomic mass is 9.99. The van der Waals surface area contributed by atoms with E-state index in [1.165, 1.54) is 31.5 Å². The molecule has 25 heavy (non-hydrogen) atoms. The van der Waals surface area contributed by atoms with Crippen molar-refractivity contribution in [1.29, 1.82) is 0 Å². The summed E-state index contributed by atoms with van der Waals surface area (Å²) in [6, 6.07) is 16.5. The van der Waals surface area contributed by atoms with E-state index in [4.69, 9.17) is 0 Å². The minimum Gasteiger partial charge on any atom is -0.478 e. The molecule has 2 aromatic rings. The van der Waals surface area contributed by atoms with Gasteiger partial charge in [0.05, 0.1) is 5.57 Å². The molecule has 4 heteroatoms. The first-order chi connectivity index (χ1) is 12.2. The topological polar surface area (TPSA) is 43.8 Å². The molecule has 0 aromatic heterocycles. The van der Waals surface area contributed by atoms with Crippen molar-refractivity contribution >= 4 is 17.3 Å². The van der Waals surface area contributed by atoms with E-state index in [1.54, 1.807) is 6.20 Å². The van der Waals surface area contributed by atoms with Crippen molar-refractivity contribution < 1.29 is 9.90 Å². The Balaban J connectivity index is 1.62. The standard InChI is InChI=1S/C21H22N2O2/c24-21(25)18-13-17-5-1-2-6-20(17)23(15-18)19-9-7-16(8-10-19)14-22-11-3-4-12-22/h1-2,5-10,15H,3-4,11-14H2,(H,24,25). The van der Waals surface area contributed by atoms with Crippen molar-refractivity contribution in [1.82, 2.24) is 4.90 Å². The van der Waals surface area contributed by atoms with E-state index in [1.807, 2.05) is 29.2 Å². The van der Waals surface area contributed by atoms with Crippen molar-refractivity contribution in [3.63, 3.8) is 0 Å². The first kappa shape index (κ1) is 15.9. The van der Waals surface area contributed by atoms with Gasteiger partial charge in [0.25, 0.3) is 0 Å². The van der Waals surface area contributed by atoms with Crippen LogP contribution in [0.3, 0.4) is 0 Å². The van der Waals surface area contributed by atoms with Gasteiger partial charge in [-0.15, -0.1) is 0 Å². The monoisotopic (exact) mass is 334 g/mol. The average molecular weight is 334 g/mol. The quantitative estimate of drug-likeness (QED) is 0.919. The summed E-state index contributed by atoms with van der Waals surface area (Å²) < 4.78 is 0. The molecule has 1 fully saturated rings. The number of para-hydroxylation sites is 1. The molecule has 1 N–H and O–H groups in total. The first-order valence-electron chi connectivity index (χ1n) is 8.83. The Morgan fingerprint density at radius 3 is 2.44 bits per heavy atom. The molecule has 1 saturated heterocycles. The minimum atomic E-state index is -0.856. The predicted octanol–water partition coefficient (Wildman–Crippen LogP) is 3.95. The van der Waals surface area contributed by atoms with E-state index >= 15 is 0 Å². The lowest BCUT2D eigenvalue weighted by Gasteiger charge is -2.28. The SMILES string of the molecule is O=C(O)C1=CN(c2ccc(CN3CCCC3)cc2)c2ccccc2C1. The van der Waals surface area contributed by atoms with Gasteiger partial charge < -0.3 is 10.0 Å². The third-order valence-corrected chi connectivity index (χ3v) is 5.01.